The Labute approximate surface area is 109 Å². The summed E-state index contributed by atoms with van der Waals surface area (Å²) in [4.78, 5) is 36.6. The first-order valence-corrected chi connectivity index (χ1v) is 6.03. The number of hydrogen-bond donors (Lipinski definition) is 2. The van der Waals surface area contributed by atoms with E-state index in [1.54, 1.807) is 12.1 Å². The van der Waals surface area contributed by atoms with Gasteiger partial charge in [0.25, 0.3) is 5.91 Å². The second kappa shape index (κ2) is 4.08. The van der Waals surface area contributed by atoms with Crippen LogP contribution in [0.15, 0.2) is 18.2 Å². The molecule has 3 rings (SSSR count). The number of phenolic OH excluding ortho intramolecular Hbond substituents is 1. The predicted molar refractivity (Wildman–Crippen MR) is 64.2 cm³/mol. The number of aromatic hydroxyl groups is 1. The average Bonchev–Trinajstić information content (AvgIpc) is 2.68. The van der Waals surface area contributed by atoms with Crippen LogP contribution in [0.5, 0.6) is 5.75 Å². The highest BCUT2D eigenvalue weighted by molar-refractivity contribution is 6.06. The van der Waals surface area contributed by atoms with Crippen LogP contribution in [-0.4, -0.2) is 33.8 Å². The van der Waals surface area contributed by atoms with Crippen LogP contribution in [0.4, 0.5) is 0 Å². The summed E-state index contributed by atoms with van der Waals surface area (Å²) in [7, 11) is 0. The maximum absolute atomic E-state index is 12.2. The van der Waals surface area contributed by atoms with Gasteiger partial charge in [0.05, 0.1) is 5.56 Å². The van der Waals surface area contributed by atoms with Crippen LogP contribution >= 0.6 is 0 Å². The number of fused-ring (bicyclic) bond motifs is 1. The minimum atomic E-state index is -0.642. The van der Waals surface area contributed by atoms with Crippen LogP contribution < -0.4 is 5.32 Å². The predicted octanol–water partition coefficient (Wildman–Crippen LogP) is 0.153. The van der Waals surface area contributed by atoms with E-state index in [0.717, 1.165) is 0 Å². The lowest BCUT2D eigenvalue weighted by molar-refractivity contribution is -0.136. The molecule has 0 saturated carbocycles. The largest absolute Gasteiger partial charge is 0.507 e. The third-order valence-corrected chi connectivity index (χ3v) is 3.53. The fourth-order valence-electron chi connectivity index (χ4n) is 2.60. The fraction of sp³-hybridized carbons (Fsp3) is 0.308. The number of hydrogen-bond acceptors (Lipinski definition) is 4. The molecule has 1 aromatic rings. The van der Waals surface area contributed by atoms with Gasteiger partial charge in [0, 0.05) is 13.0 Å². The zero-order chi connectivity index (χ0) is 13.6. The van der Waals surface area contributed by atoms with E-state index in [1.807, 2.05) is 0 Å². The van der Waals surface area contributed by atoms with E-state index >= 15 is 0 Å². The molecule has 98 valence electrons. The first-order valence-electron chi connectivity index (χ1n) is 6.03. The molecule has 0 spiro atoms. The molecule has 0 radical (unpaired) electrons. The van der Waals surface area contributed by atoms with Gasteiger partial charge in [-0.05, 0) is 18.1 Å². The topological polar surface area (TPSA) is 86.7 Å². The van der Waals surface area contributed by atoms with E-state index in [2.05, 4.69) is 5.32 Å². The van der Waals surface area contributed by atoms with E-state index in [9.17, 15) is 19.5 Å². The average molecular weight is 260 g/mol. The highest BCUT2D eigenvalue weighted by Gasteiger charge is 2.40. The summed E-state index contributed by atoms with van der Waals surface area (Å²) in [6.07, 6.45) is 0.549. The van der Waals surface area contributed by atoms with Gasteiger partial charge in [-0.2, -0.15) is 0 Å². The molecule has 6 heteroatoms. The number of benzene rings is 1. The van der Waals surface area contributed by atoms with Gasteiger partial charge in [-0.1, -0.05) is 12.1 Å². The number of rotatable bonds is 1. The molecule has 1 atom stereocenters. The third-order valence-electron chi connectivity index (χ3n) is 3.53. The lowest BCUT2D eigenvalue weighted by Crippen LogP contribution is -2.52. The molecule has 2 aliphatic rings. The van der Waals surface area contributed by atoms with Crippen molar-refractivity contribution in [1.82, 2.24) is 10.2 Å². The van der Waals surface area contributed by atoms with Crippen molar-refractivity contribution in [1.29, 1.82) is 0 Å². The summed E-state index contributed by atoms with van der Waals surface area (Å²) < 4.78 is 0. The van der Waals surface area contributed by atoms with Gasteiger partial charge in [-0.3, -0.25) is 19.7 Å². The van der Waals surface area contributed by atoms with Crippen molar-refractivity contribution in [2.45, 2.75) is 25.4 Å². The Kier molecular flexibility index (Phi) is 2.51. The Morgan fingerprint density at radius 3 is 2.74 bits per heavy atom. The molecular formula is C13H12N2O4. The van der Waals surface area contributed by atoms with Crippen molar-refractivity contribution in [3.8, 4) is 5.75 Å². The minimum Gasteiger partial charge on any atom is -0.507 e. The zero-order valence-corrected chi connectivity index (χ0v) is 10.0. The Balaban J connectivity index is 1.90. The van der Waals surface area contributed by atoms with Crippen LogP contribution in [0.25, 0.3) is 0 Å². The number of nitrogens with one attached hydrogen (secondary N) is 1. The zero-order valence-electron chi connectivity index (χ0n) is 10.0. The highest BCUT2D eigenvalue weighted by Crippen LogP contribution is 2.32. The van der Waals surface area contributed by atoms with Crippen LogP contribution in [0, 0.1) is 0 Å². The van der Waals surface area contributed by atoms with E-state index in [1.165, 1.54) is 11.0 Å². The number of imide groups is 1. The monoisotopic (exact) mass is 260 g/mol. The second-order valence-electron chi connectivity index (χ2n) is 4.71. The Morgan fingerprint density at radius 2 is 2.05 bits per heavy atom. The molecule has 1 unspecified atom stereocenters. The van der Waals surface area contributed by atoms with E-state index in [-0.39, 0.29) is 36.1 Å². The maximum Gasteiger partial charge on any atom is 0.258 e. The van der Waals surface area contributed by atoms with Crippen molar-refractivity contribution in [3.63, 3.8) is 0 Å². The van der Waals surface area contributed by atoms with Gasteiger partial charge < -0.3 is 10.0 Å². The Hall–Kier alpha value is -2.37. The summed E-state index contributed by atoms with van der Waals surface area (Å²) in [6.45, 7) is 0.287. The number of carbonyl (C=O) groups excluding carboxylic acids is 3. The van der Waals surface area contributed by atoms with Crippen molar-refractivity contribution in [3.05, 3.63) is 29.3 Å². The van der Waals surface area contributed by atoms with Crippen LogP contribution in [-0.2, 0) is 16.1 Å². The van der Waals surface area contributed by atoms with Crippen LogP contribution in [0.3, 0.4) is 0 Å². The molecule has 1 saturated heterocycles. The number of nitrogens with zero attached hydrogens (tertiary/aromatic N) is 1. The molecule has 0 aliphatic carbocycles. The van der Waals surface area contributed by atoms with Crippen LogP contribution in [0.1, 0.15) is 28.8 Å². The van der Waals surface area contributed by atoms with E-state index < -0.39 is 11.9 Å². The minimum absolute atomic E-state index is 0.0720. The summed E-state index contributed by atoms with van der Waals surface area (Å²) in [5.41, 5.74) is 0.960. The standard InChI is InChI=1S/C13H12N2O4/c16-9-3-1-2-7-6-15(13(19)11(7)9)8-4-5-10(17)14-12(8)18/h1-3,8,16H,4-6H2,(H,14,17,18). The highest BCUT2D eigenvalue weighted by atomic mass is 16.3. The van der Waals surface area contributed by atoms with Gasteiger partial charge in [-0.15, -0.1) is 0 Å². The van der Waals surface area contributed by atoms with E-state index in [4.69, 9.17) is 0 Å². The quantitative estimate of drug-likeness (QED) is 0.704. The molecule has 2 N–H and O–H groups in total. The SMILES string of the molecule is O=C1CCC(N2Cc3cccc(O)c3C2=O)C(=O)N1. The second-order valence-corrected chi connectivity index (χ2v) is 4.71. The third kappa shape index (κ3) is 1.76. The first kappa shape index (κ1) is 11.7. The summed E-state index contributed by atoms with van der Waals surface area (Å²) in [5.74, 6) is -1.19. The molecule has 2 aliphatic heterocycles. The fourth-order valence-corrected chi connectivity index (χ4v) is 2.60. The van der Waals surface area contributed by atoms with Gasteiger partial charge in [-0.25, -0.2) is 0 Å². The Morgan fingerprint density at radius 1 is 1.26 bits per heavy atom. The number of amides is 3. The van der Waals surface area contributed by atoms with Gasteiger partial charge in [0.15, 0.2) is 0 Å². The normalized spacial score (nSPS) is 22.4. The lowest BCUT2D eigenvalue weighted by Gasteiger charge is -2.29. The molecule has 0 bridgehead atoms. The van der Waals surface area contributed by atoms with Crippen molar-refractivity contribution >= 4 is 17.7 Å². The summed E-state index contributed by atoms with van der Waals surface area (Å²) in [5, 5.41) is 12.0. The maximum atomic E-state index is 12.2. The summed E-state index contributed by atoms with van der Waals surface area (Å²) in [6, 6.07) is 4.22. The van der Waals surface area contributed by atoms with Gasteiger partial charge in [0.1, 0.15) is 11.8 Å². The molecule has 2 heterocycles. The Bertz CT molecular complexity index is 596. The van der Waals surface area contributed by atoms with Gasteiger partial charge >= 0.3 is 0 Å². The molecule has 1 aromatic carbocycles. The number of carbonyl (C=O) groups is 3. The smallest absolute Gasteiger partial charge is 0.258 e. The van der Waals surface area contributed by atoms with Crippen molar-refractivity contribution in [2.24, 2.45) is 0 Å². The molecule has 19 heavy (non-hydrogen) atoms. The molecule has 1 fully saturated rings. The summed E-state index contributed by atoms with van der Waals surface area (Å²) >= 11 is 0. The van der Waals surface area contributed by atoms with Crippen molar-refractivity contribution in [2.75, 3.05) is 0 Å². The van der Waals surface area contributed by atoms with Crippen molar-refractivity contribution < 1.29 is 19.5 Å². The van der Waals surface area contributed by atoms with Gasteiger partial charge in [0.2, 0.25) is 11.8 Å². The van der Waals surface area contributed by atoms with Crippen LogP contribution in [0.2, 0.25) is 0 Å². The molecule has 3 amide bonds. The number of piperidine rings is 1. The molecule has 0 aromatic heterocycles. The van der Waals surface area contributed by atoms with E-state index in [0.29, 0.717) is 12.0 Å². The lowest BCUT2D eigenvalue weighted by atomic mass is 10.0. The molecule has 6 nitrogen and oxygen atoms in total. The molecular weight excluding hydrogens is 248 g/mol. The first-order chi connectivity index (χ1) is 9.08. The number of phenols is 1.